The van der Waals surface area contributed by atoms with Crippen LogP contribution in [0.2, 0.25) is 5.02 Å². The van der Waals surface area contributed by atoms with Crippen LogP contribution >= 0.6 is 11.6 Å². The second-order valence-corrected chi connectivity index (χ2v) is 9.36. The lowest BCUT2D eigenvalue weighted by atomic mass is 9.94. The van der Waals surface area contributed by atoms with Crippen molar-refractivity contribution in [1.29, 1.82) is 0 Å². The Balaban J connectivity index is 1.95. The molecule has 1 saturated heterocycles. The molecule has 0 spiro atoms. The van der Waals surface area contributed by atoms with E-state index in [1.165, 1.54) is 4.90 Å². The van der Waals surface area contributed by atoms with E-state index < -0.39 is 12.0 Å². The number of hydrogen-bond acceptors (Lipinski definition) is 5. The topological polar surface area (TPSA) is 94.2 Å². The Morgan fingerprint density at radius 3 is 2.58 bits per heavy atom. The molecule has 1 fully saturated rings. The minimum absolute atomic E-state index is 0.0282. The number of amides is 4. The monoisotopic (exact) mass is 517 g/mol. The molecule has 3 rings (SSSR count). The Morgan fingerprint density at radius 1 is 1.25 bits per heavy atom. The van der Waals surface area contributed by atoms with Gasteiger partial charge in [0.15, 0.2) is 0 Å². The van der Waals surface area contributed by atoms with Crippen LogP contribution in [-0.4, -0.2) is 84.6 Å². The Labute approximate surface area is 218 Å². The van der Waals surface area contributed by atoms with Gasteiger partial charge in [-0.25, -0.2) is 14.4 Å². The highest BCUT2D eigenvalue weighted by atomic mass is 35.5. The van der Waals surface area contributed by atoms with Crippen molar-refractivity contribution in [2.75, 3.05) is 45.9 Å². The van der Waals surface area contributed by atoms with Crippen LogP contribution in [0.1, 0.15) is 38.8 Å². The van der Waals surface area contributed by atoms with Gasteiger partial charge in [-0.3, -0.25) is 9.80 Å². The Bertz CT molecular complexity index is 997. The first-order chi connectivity index (χ1) is 17.3. The van der Waals surface area contributed by atoms with E-state index in [2.05, 4.69) is 22.1 Å². The van der Waals surface area contributed by atoms with Crippen molar-refractivity contribution >= 4 is 29.6 Å². The Hall–Kier alpha value is -3.04. The maximum atomic E-state index is 13.3. The van der Waals surface area contributed by atoms with Gasteiger partial charge in [-0.2, -0.15) is 0 Å². The number of nitrogens with zero attached hydrogens (tertiary/aromatic N) is 3. The van der Waals surface area contributed by atoms with Crippen LogP contribution in [0.25, 0.3) is 0 Å². The molecule has 196 valence electrons. The lowest BCUT2D eigenvalue weighted by Gasteiger charge is -2.42. The maximum Gasteiger partial charge on any atom is 0.338 e. The molecule has 1 aromatic carbocycles. The minimum Gasteiger partial charge on any atom is -0.463 e. The van der Waals surface area contributed by atoms with E-state index in [9.17, 15) is 14.4 Å². The van der Waals surface area contributed by atoms with Crippen LogP contribution in [0.4, 0.5) is 9.59 Å². The van der Waals surface area contributed by atoms with Gasteiger partial charge in [0.05, 0.1) is 18.2 Å². The van der Waals surface area contributed by atoms with Gasteiger partial charge in [-0.15, -0.1) is 6.58 Å². The number of esters is 1. The van der Waals surface area contributed by atoms with Gasteiger partial charge in [0.25, 0.3) is 0 Å². The van der Waals surface area contributed by atoms with Crippen LogP contribution in [0.5, 0.6) is 0 Å². The fraction of sp³-hybridized carbons (Fsp3) is 0.500. The number of nitrogens with one attached hydrogen (secondary N) is 2. The molecule has 2 heterocycles. The third-order valence-corrected chi connectivity index (χ3v) is 6.57. The molecule has 4 amide bonds. The molecule has 9 nitrogen and oxygen atoms in total. The van der Waals surface area contributed by atoms with Gasteiger partial charge >= 0.3 is 18.0 Å². The summed E-state index contributed by atoms with van der Waals surface area (Å²) in [5.41, 5.74) is 1.70. The van der Waals surface area contributed by atoms with Gasteiger partial charge in [0, 0.05) is 56.0 Å². The molecule has 1 aromatic rings. The number of halogens is 1. The standard InChI is InChI=1S/C26H36ClN5O4/c1-5-12-28-25(34)31-15-14-30(16-18(31)4)17-21-22(24(33)36-7-3)23(19-8-10-20(27)11-9-19)29-26(35)32(21)13-6-2/h6,8-11,18,23H,2,5,7,12-17H2,1,3-4H3,(H,28,34)(H,29,35). The lowest BCUT2D eigenvalue weighted by molar-refractivity contribution is -0.139. The molecule has 0 saturated carbocycles. The molecule has 2 unspecified atom stereocenters. The number of carbonyl (C=O) groups excluding carboxylic acids is 3. The summed E-state index contributed by atoms with van der Waals surface area (Å²) in [5, 5.41) is 6.45. The summed E-state index contributed by atoms with van der Waals surface area (Å²) in [4.78, 5) is 44.5. The molecule has 2 aliphatic rings. The van der Waals surface area contributed by atoms with E-state index >= 15 is 0 Å². The van der Waals surface area contributed by atoms with Gasteiger partial charge in [-0.05, 0) is 38.0 Å². The molecule has 2 aliphatic heterocycles. The van der Waals surface area contributed by atoms with Crippen molar-refractivity contribution in [3.63, 3.8) is 0 Å². The van der Waals surface area contributed by atoms with Crippen molar-refractivity contribution in [1.82, 2.24) is 25.3 Å². The highest BCUT2D eigenvalue weighted by Crippen LogP contribution is 2.33. The molecule has 0 aromatic heterocycles. The average Bonchev–Trinajstić information content (AvgIpc) is 2.85. The quantitative estimate of drug-likeness (QED) is 0.386. The number of benzene rings is 1. The third-order valence-electron chi connectivity index (χ3n) is 6.32. The summed E-state index contributed by atoms with van der Waals surface area (Å²) in [7, 11) is 0. The summed E-state index contributed by atoms with van der Waals surface area (Å²) in [6, 6.07) is 5.96. The third kappa shape index (κ3) is 6.39. The summed E-state index contributed by atoms with van der Waals surface area (Å²) in [6.07, 6.45) is 2.50. The van der Waals surface area contributed by atoms with E-state index in [0.717, 1.165) is 12.0 Å². The molecule has 10 heteroatoms. The number of urea groups is 2. The van der Waals surface area contributed by atoms with Gasteiger partial charge in [0.1, 0.15) is 0 Å². The van der Waals surface area contributed by atoms with E-state index in [0.29, 0.717) is 49.0 Å². The largest absolute Gasteiger partial charge is 0.463 e. The number of carbonyl (C=O) groups is 3. The summed E-state index contributed by atoms with van der Waals surface area (Å²) in [6.45, 7) is 12.8. The highest BCUT2D eigenvalue weighted by molar-refractivity contribution is 6.30. The summed E-state index contributed by atoms with van der Waals surface area (Å²) >= 11 is 6.08. The van der Waals surface area contributed by atoms with E-state index in [-0.39, 0.29) is 31.3 Å². The van der Waals surface area contributed by atoms with E-state index in [1.54, 1.807) is 37.3 Å². The first-order valence-corrected chi connectivity index (χ1v) is 12.8. The van der Waals surface area contributed by atoms with Crippen molar-refractivity contribution in [3.05, 3.63) is 58.8 Å². The molecule has 2 N–H and O–H groups in total. The Morgan fingerprint density at radius 2 is 1.97 bits per heavy atom. The predicted octanol–water partition coefficient (Wildman–Crippen LogP) is 3.54. The van der Waals surface area contributed by atoms with Crippen LogP contribution in [0.15, 0.2) is 48.2 Å². The van der Waals surface area contributed by atoms with Crippen LogP contribution in [0.3, 0.4) is 0 Å². The Kier molecular flexibility index (Phi) is 9.78. The molecule has 2 atom stereocenters. The first kappa shape index (κ1) is 27.5. The van der Waals surface area contributed by atoms with Gasteiger partial charge in [0.2, 0.25) is 0 Å². The number of ether oxygens (including phenoxy) is 1. The first-order valence-electron chi connectivity index (χ1n) is 12.4. The molecule has 0 bridgehead atoms. The molecule has 0 aliphatic carbocycles. The molecule has 36 heavy (non-hydrogen) atoms. The zero-order valence-corrected chi connectivity index (χ0v) is 22.0. The average molecular weight is 518 g/mol. The summed E-state index contributed by atoms with van der Waals surface area (Å²) in [5.74, 6) is -0.479. The van der Waals surface area contributed by atoms with Crippen LogP contribution < -0.4 is 10.6 Å². The molecular weight excluding hydrogens is 482 g/mol. The number of hydrogen-bond donors (Lipinski definition) is 2. The van der Waals surface area contributed by atoms with Gasteiger partial charge in [-0.1, -0.05) is 36.7 Å². The maximum absolute atomic E-state index is 13.3. The second-order valence-electron chi connectivity index (χ2n) is 8.92. The van der Waals surface area contributed by atoms with Crippen LogP contribution in [0, 0.1) is 0 Å². The number of piperazine rings is 1. The van der Waals surface area contributed by atoms with Crippen LogP contribution in [-0.2, 0) is 9.53 Å². The zero-order valence-electron chi connectivity index (χ0n) is 21.3. The number of rotatable bonds is 9. The zero-order chi connectivity index (χ0) is 26.2. The minimum atomic E-state index is -0.677. The van der Waals surface area contributed by atoms with Crippen molar-refractivity contribution in [2.45, 2.75) is 39.3 Å². The fourth-order valence-corrected chi connectivity index (χ4v) is 4.70. The lowest BCUT2D eigenvalue weighted by Crippen LogP contribution is -2.58. The normalized spacial score (nSPS) is 20.7. The summed E-state index contributed by atoms with van der Waals surface area (Å²) < 4.78 is 5.44. The SMILES string of the molecule is C=CCN1C(=O)NC(c2ccc(Cl)cc2)C(C(=O)OCC)=C1CN1CCN(C(=O)NCCC)C(C)C1. The van der Waals surface area contributed by atoms with Crippen molar-refractivity contribution < 1.29 is 19.1 Å². The van der Waals surface area contributed by atoms with E-state index in [4.69, 9.17) is 16.3 Å². The van der Waals surface area contributed by atoms with Crippen molar-refractivity contribution in [2.24, 2.45) is 0 Å². The fourth-order valence-electron chi connectivity index (χ4n) is 4.57. The second kappa shape index (κ2) is 12.8. The molecule has 0 radical (unpaired) electrons. The molecular formula is C26H36ClN5O4. The highest BCUT2D eigenvalue weighted by Gasteiger charge is 2.39. The van der Waals surface area contributed by atoms with Crippen molar-refractivity contribution in [3.8, 4) is 0 Å². The van der Waals surface area contributed by atoms with E-state index in [1.807, 2.05) is 18.7 Å². The predicted molar refractivity (Wildman–Crippen MR) is 140 cm³/mol. The van der Waals surface area contributed by atoms with Gasteiger partial charge < -0.3 is 20.3 Å². The smallest absolute Gasteiger partial charge is 0.338 e.